The second kappa shape index (κ2) is 6.97. The molecule has 0 radical (unpaired) electrons. The number of hydrogen-bond acceptors (Lipinski definition) is 3. The monoisotopic (exact) mass is 220 g/mol. The van der Waals surface area contributed by atoms with E-state index in [1.165, 1.54) is 0 Å². The minimum atomic E-state index is -1.02. The Hall–Kier alpha value is -0.393. The van der Waals surface area contributed by atoms with Crippen molar-refractivity contribution in [1.29, 1.82) is 0 Å². The molecule has 0 rings (SSSR count). The minimum Gasteiger partial charge on any atom is -0.481 e. The van der Waals surface area contributed by atoms with E-state index in [-0.39, 0.29) is 19.8 Å². The van der Waals surface area contributed by atoms with Gasteiger partial charge in [-0.15, -0.1) is 0 Å². The Bertz CT molecular complexity index is 165. The van der Waals surface area contributed by atoms with Crippen LogP contribution in [-0.4, -0.2) is 39.2 Å². The lowest BCUT2D eigenvalue weighted by Crippen LogP contribution is -2.22. The van der Waals surface area contributed by atoms with Crippen molar-refractivity contribution in [2.75, 3.05) is 20.0 Å². The summed E-state index contributed by atoms with van der Waals surface area (Å²) in [6, 6.07) is 1.11. The predicted octanol–water partition coefficient (Wildman–Crippen LogP) is 1.79. The molecule has 0 aromatic heterocycles. The largest absolute Gasteiger partial charge is 0.481 e. The highest BCUT2D eigenvalue weighted by Gasteiger charge is 2.11. The van der Waals surface area contributed by atoms with Crippen molar-refractivity contribution in [1.82, 2.24) is 0 Å². The molecule has 4 nitrogen and oxygen atoms in total. The molecule has 0 aromatic carbocycles. The Morgan fingerprint density at radius 1 is 1.21 bits per heavy atom. The van der Waals surface area contributed by atoms with E-state index in [1.54, 1.807) is 0 Å². The van der Waals surface area contributed by atoms with Crippen molar-refractivity contribution in [3.63, 3.8) is 0 Å². The van der Waals surface area contributed by atoms with Crippen molar-refractivity contribution in [2.24, 2.45) is 0 Å². The molecular weight excluding hydrogens is 200 g/mol. The fourth-order valence-corrected chi connectivity index (χ4v) is 1.47. The number of hydrogen-bond donors (Lipinski definition) is 1. The summed E-state index contributed by atoms with van der Waals surface area (Å²) in [7, 11) is -1.02. The highest BCUT2D eigenvalue weighted by Crippen LogP contribution is 2.07. The van der Waals surface area contributed by atoms with Crippen LogP contribution in [-0.2, 0) is 14.3 Å². The fraction of sp³-hybridized carbons (Fsp3) is 0.889. The summed E-state index contributed by atoms with van der Waals surface area (Å²) in [6.45, 7) is 7.98. The molecule has 5 heteroatoms. The third-order valence-electron chi connectivity index (χ3n) is 1.62. The normalized spacial score (nSPS) is 11.6. The number of carboxylic acid groups (broad SMARTS) is 1. The number of aliphatic carboxylic acids is 1. The van der Waals surface area contributed by atoms with Gasteiger partial charge in [0, 0.05) is 14.7 Å². The first-order chi connectivity index (χ1) is 6.42. The van der Waals surface area contributed by atoms with E-state index in [9.17, 15) is 4.79 Å². The Balaban J connectivity index is 3.11. The molecule has 0 spiro atoms. The fourth-order valence-electron chi connectivity index (χ4n) is 0.715. The lowest BCUT2D eigenvalue weighted by molar-refractivity contribution is -0.139. The van der Waals surface area contributed by atoms with Crippen LogP contribution in [0.15, 0.2) is 0 Å². The Labute approximate surface area is 86.2 Å². The first-order valence-corrected chi connectivity index (χ1v) is 8.50. The zero-order chi connectivity index (χ0) is 11.0. The highest BCUT2D eigenvalue weighted by atomic mass is 28.3. The van der Waals surface area contributed by atoms with Gasteiger partial charge < -0.3 is 14.6 Å². The molecule has 0 saturated carbocycles. The predicted molar refractivity (Wildman–Crippen MR) is 57.2 cm³/mol. The van der Waals surface area contributed by atoms with Crippen LogP contribution in [0.2, 0.25) is 25.7 Å². The maximum absolute atomic E-state index is 10.1. The molecule has 0 aromatic rings. The van der Waals surface area contributed by atoms with Gasteiger partial charge in [0.1, 0.15) is 6.79 Å². The molecule has 0 heterocycles. The van der Waals surface area contributed by atoms with Gasteiger partial charge in [0.2, 0.25) is 0 Å². The summed E-state index contributed by atoms with van der Waals surface area (Å²) in [6.07, 6.45) is 0.0391. The maximum atomic E-state index is 10.1. The third kappa shape index (κ3) is 11.6. The van der Waals surface area contributed by atoms with Gasteiger partial charge in [-0.3, -0.25) is 4.79 Å². The van der Waals surface area contributed by atoms with Crippen LogP contribution in [0.5, 0.6) is 0 Å². The van der Waals surface area contributed by atoms with Gasteiger partial charge in [0.05, 0.1) is 13.0 Å². The second-order valence-corrected chi connectivity index (χ2v) is 10.0. The van der Waals surface area contributed by atoms with Crippen molar-refractivity contribution >= 4 is 14.0 Å². The second-order valence-electron chi connectivity index (χ2n) is 4.39. The van der Waals surface area contributed by atoms with Gasteiger partial charge in [0.25, 0.3) is 0 Å². The van der Waals surface area contributed by atoms with Crippen LogP contribution in [0.1, 0.15) is 6.42 Å². The van der Waals surface area contributed by atoms with Crippen LogP contribution >= 0.6 is 0 Å². The van der Waals surface area contributed by atoms with Crippen molar-refractivity contribution in [2.45, 2.75) is 32.1 Å². The highest BCUT2D eigenvalue weighted by molar-refractivity contribution is 6.76. The van der Waals surface area contributed by atoms with E-state index < -0.39 is 14.0 Å². The molecule has 0 saturated heterocycles. The van der Waals surface area contributed by atoms with Gasteiger partial charge in [0.15, 0.2) is 0 Å². The Morgan fingerprint density at radius 2 is 1.79 bits per heavy atom. The first-order valence-electron chi connectivity index (χ1n) is 4.79. The molecule has 0 fully saturated rings. The summed E-state index contributed by atoms with van der Waals surface area (Å²) >= 11 is 0. The van der Waals surface area contributed by atoms with Gasteiger partial charge in [-0.2, -0.15) is 0 Å². The first kappa shape index (κ1) is 13.6. The molecule has 84 valence electrons. The van der Waals surface area contributed by atoms with Crippen LogP contribution < -0.4 is 0 Å². The van der Waals surface area contributed by atoms with Gasteiger partial charge in [-0.1, -0.05) is 19.6 Å². The van der Waals surface area contributed by atoms with Crippen LogP contribution in [0.4, 0.5) is 0 Å². The minimum absolute atomic E-state index is 0.0391. The molecule has 0 unspecified atom stereocenters. The molecule has 0 aliphatic rings. The maximum Gasteiger partial charge on any atom is 0.305 e. The Morgan fingerprint density at radius 3 is 2.29 bits per heavy atom. The quantitative estimate of drug-likeness (QED) is 0.385. The zero-order valence-electron chi connectivity index (χ0n) is 9.21. The molecule has 14 heavy (non-hydrogen) atoms. The zero-order valence-corrected chi connectivity index (χ0v) is 10.2. The van der Waals surface area contributed by atoms with E-state index in [4.69, 9.17) is 14.6 Å². The average molecular weight is 220 g/mol. The van der Waals surface area contributed by atoms with Crippen LogP contribution in [0.25, 0.3) is 0 Å². The van der Waals surface area contributed by atoms with E-state index in [1.807, 2.05) is 0 Å². The molecule has 0 aliphatic carbocycles. The summed E-state index contributed by atoms with van der Waals surface area (Å²) in [4.78, 5) is 10.1. The van der Waals surface area contributed by atoms with Gasteiger partial charge >= 0.3 is 5.97 Å². The molecule has 0 amide bonds. The lowest BCUT2D eigenvalue weighted by Gasteiger charge is -2.15. The van der Waals surface area contributed by atoms with Crippen molar-refractivity contribution < 1.29 is 19.4 Å². The summed E-state index contributed by atoms with van der Waals surface area (Å²) < 4.78 is 10.2. The van der Waals surface area contributed by atoms with Gasteiger partial charge in [-0.05, 0) is 6.04 Å². The van der Waals surface area contributed by atoms with E-state index in [2.05, 4.69) is 19.6 Å². The smallest absolute Gasteiger partial charge is 0.305 e. The SMILES string of the molecule is C[Si](C)(C)CCOCOCCC(=O)O. The molecule has 1 N–H and O–H groups in total. The number of carboxylic acids is 1. The lowest BCUT2D eigenvalue weighted by atomic mass is 10.5. The summed E-state index contributed by atoms with van der Waals surface area (Å²) in [5.74, 6) is -0.841. The number of rotatable bonds is 8. The van der Waals surface area contributed by atoms with Crippen molar-refractivity contribution in [3.05, 3.63) is 0 Å². The molecule has 0 bridgehead atoms. The topological polar surface area (TPSA) is 55.8 Å². The standard InChI is InChI=1S/C9H20O4Si/c1-14(2,3)7-6-13-8-12-5-4-9(10)11/h4-8H2,1-3H3,(H,10,11). The van der Waals surface area contributed by atoms with Crippen LogP contribution in [0.3, 0.4) is 0 Å². The number of ether oxygens (including phenoxy) is 2. The third-order valence-corrected chi connectivity index (χ3v) is 3.33. The molecule has 0 aliphatic heterocycles. The Kier molecular flexibility index (Phi) is 6.78. The summed E-state index contributed by atoms with van der Waals surface area (Å²) in [5.41, 5.74) is 0. The van der Waals surface area contributed by atoms with Crippen molar-refractivity contribution in [3.8, 4) is 0 Å². The number of carbonyl (C=O) groups is 1. The van der Waals surface area contributed by atoms with Gasteiger partial charge in [-0.25, -0.2) is 0 Å². The van der Waals surface area contributed by atoms with Crippen LogP contribution in [0, 0.1) is 0 Å². The van der Waals surface area contributed by atoms with E-state index >= 15 is 0 Å². The average Bonchev–Trinajstić information content (AvgIpc) is 2.00. The molecule has 0 atom stereocenters. The van der Waals surface area contributed by atoms with E-state index in [0.717, 1.165) is 6.04 Å². The molecular formula is C9H20O4Si. The van der Waals surface area contributed by atoms with E-state index in [0.29, 0.717) is 6.61 Å². The summed E-state index contributed by atoms with van der Waals surface area (Å²) in [5, 5.41) is 8.31.